The highest BCUT2D eigenvalue weighted by atomic mass is 16.6. The molecule has 3 atom stereocenters. The Morgan fingerprint density at radius 2 is 2.13 bits per heavy atom. The average molecular weight is 535 g/mol. The van der Waals surface area contributed by atoms with Crippen LogP contribution in [0.1, 0.15) is 46.9 Å². The van der Waals surface area contributed by atoms with E-state index in [1.54, 1.807) is 12.0 Å². The summed E-state index contributed by atoms with van der Waals surface area (Å²) in [5.74, 6) is 0.909. The second-order valence-electron chi connectivity index (χ2n) is 9.91. The van der Waals surface area contributed by atoms with Crippen LogP contribution in [0, 0.1) is 17.2 Å². The minimum absolute atomic E-state index is 0.0240. The lowest BCUT2D eigenvalue weighted by Gasteiger charge is -2.29. The number of carbonyl (C=O) groups excluding carboxylic acids is 3. The number of hydrogen-bond acceptors (Lipinski definition) is 9. The predicted molar refractivity (Wildman–Crippen MR) is 138 cm³/mol. The zero-order chi connectivity index (χ0) is 27.5. The molecule has 0 aromatic carbocycles. The Labute approximate surface area is 225 Å². The number of pyridine rings is 2. The predicted octanol–water partition coefficient (Wildman–Crippen LogP) is 2.31. The van der Waals surface area contributed by atoms with E-state index in [1.165, 1.54) is 17.2 Å². The Hall–Kier alpha value is -4.08. The number of aromatic nitrogens is 2. The van der Waals surface area contributed by atoms with Gasteiger partial charge in [-0.3, -0.25) is 19.8 Å². The number of amides is 3. The van der Waals surface area contributed by atoms with E-state index in [2.05, 4.69) is 15.3 Å². The number of ether oxygens (including phenoxy) is 3. The number of urea groups is 1. The molecule has 2 saturated heterocycles. The van der Waals surface area contributed by atoms with Crippen molar-refractivity contribution < 1.29 is 28.6 Å². The SMILES string of the molecule is CO[C@H]1COC[C@@H]1Oc1cc(NC(=O)N2CCCc3cc(CN4CC[C@@H](C)C4=O)c(C=O)nc32)ncc1C#N. The number of aldehydes is 1. The summed E-state index contributed by atoms with van der Waals surface area (Å²) < 4.78 is 16.8. The van der Waals surface area contributed by atoms with Crippen LogP contribution in [0.3, 0.4) is 0 Å². The van der Waals surface area contributed by atoms with Crippen molar-refractivity contribution in [3.63, 3.8) is 0 Å². The minimum atomic E-state index is -0.473. The van der Waals surface area contributed by atoms with E-state index >= 15 is 0 Å². The van der Waals surface area contributed by atoms with Gasteiger partial charge in [-0.2, -0.15) is 5.26 Å². The highest BCUT2D eigenvalue weighted by Crippen LogP contribution is 2.30. The fourth-order valence-corrected chi connectivity index (χ4v) is 5.11. The highest BCUT2D eigenvalue weighted by Gasteiger charge is 2.32. The van der Waals surface area contributed by atoms with Gasteiger partial charge in [-0.1, -0.05) is 6.92 Å². The van der Waals surface area contributed by atoms with Crippen molar-refractivity contribution in [1.29, 1.82) is 5.26 Å². The van der Waals surface area contributed by atoms with Gasteiger partial charge >= 0.3 is 6.03 Å². The lowest BCUT2D eigenvalue weighted by Crippen LogP contribution is -2.40. The van der Waals surface area contributed by atoms with Gasteiger partial charge in [0.2, 0.25) is 5.91 Å². The molecule has 2 aromatic heterocycles. The molecule has 2 aromatic rings. The average Bonchev–Trinajstić information content (AvgIpc) is 3.53. The van der Waals surface area contributed by atoms with Crippen molar-refractivity contribution in [3.8, 4) is 11.8 Å². The molecule has 0 saturated carbocycles. The van der Waals surface area contributed by atoms with Crippen molar-refractivity contribution in [1.82, 2.24) is 14.9 Å². The molecule has 0 aliphatic carbocycles. The number of anilines is 2. The number of hydrogen-bond donors (Lipinski definition) is 1. The number of carbonyl (C=O) groups is 3. The molecule has 39 heavy (non-hydrogen) atoms. The van der Waals surface area contributed by atoms with Crippen molar-refractivity contribution in [3.05, 3.63) is 40.7 Å². The van der Waals surface area contributed by atoms with Crippen LogP contribution in [0.5, 0.6) is 5.75 Å². The summed E-state index contributed by atoms with van der Waals surface area (Å²) >= 11 is 0. The summed E-state index contributed by atoms with van der Waals surface area (Å²) in [5.41, 5.74) is 1.93. The number of rotatable bonds is 7. The number of likely N-dealkylation sites (tertiary alicyclic amines) is 1. The maximum atomic E-state index is 13.3. The second kappa shape index (κ2) is 11.3. The molecule has 1 N–H and O–H groups in total. The van der Waals surface area contributed by atoms with E-state index in [-0.39, 0.29) is 40.8 Å². The van der Waals surface area contributed by atoms with Crippen LogP contribution in [0.4, 0.5) is 16.4 Å². The Morgan fingerprint density at radius 1 is 1.31 bits per heavy atom. The first-order valence-electron chi connectivity index (χ1n) is 12.9. The zero-order valence-corrected chi connectivity index (χ0v) is 21.9. The van der Waals surface area contributed by atoms with Gasteiger partial charge < -0.3 is 19.1 Å². The Bertz CT molecular complexity index is 1330. The monoisotopic (exact) mass is 534 g/mol. The van der Waals surface area contributed by atoms with E-state index in [0.29, 0.717) is 63.4 Å². The van der Waals surface area contributed by atoms with E-state index < -0.39 is 12.1 Å². The van der Waals surface area contributed by atoms with Gasteiger partial charge in [0.1, 0.15) is 40.8 Å². The van der Waals surface area contributed by atoms with Crippen LogP contribution in [0.25, 0.3) is 0 Å². The summed E-state index contributed by atoms with van der Waals surface area (Å²) in [4.78, 5) is 49.6. The van der Waals surface area contributed by atoms with Crippen LogP contribution in [-0.4, -0.2) is 78.7 Å². The van der Waals surface area contributed by atoms with Gasteiger partial charge in [0.15, 0.2) is 12.4 Å². The van der Waals surface area contributed by atoms with Gasteiger partial charge in [-0.15, -0.1) is 0 Å². The fourth-order valence-electron chi connectivity index (χ4n) is 5.11. The maximum absolute atomic E-state index is 13.3. The molecule has 3 aliphatic rings. The standard InChI is InChI=1S/C27H30N6O6/c1-16-5-7-32(26(16)35)12-18-8-17-4-3-6-33(25(17)30-20(18)13-34)27(36)31-24-9-21(19(10-28)11-29-24)39-23-15-38-14-22(23)37-2/h8-9,11,13,16,22-23H,3-7,12,14-15H2,1-2H3,(H,29,31,36)/t16-,22+,23+/m1/s1. The van der Waals surface area contributed by atoms with Gasteiger partial charge in [0.05, 0.1) is 19.4 Å². The smallest absolute Gasteiger partial charge is 0.328 e. The number of aryl methyl sites for hydroxylation is 1. The molecule has 0 unspecified atom stereocenters. The van der Waals surface area contributed by atoms with Gasteiger partial charge in [-0.05, 0) is 30.9 Å². The summed E-state index contributed by atoms with van der Waals surface area (Å²) in [5, 5.41) is 12.3. The second-order valence-corrected chi connectivity index (χ2v) is 9.91. The number of fused-ring (bicyclic) bond motifs is 1. The number of methoxy groups -OCH3 is 1. The molecule has 3 amide bonds. The highest BCUT2D eigenvalue weighted by molar-refractivity contribution is 6.01. The Morgan fingerprint density at radius 3 is 2.85 bits per heavy atom. The van der Waals surface area contributed by atoms with Crippen LogP contribution in [0.2, 0.25) is 0 Å². The van der Waals surface area contributed by atoms with Crippen LogP contribution in [0.15, 0.2) is 18.3 Å². The van der Waals surface area contributed by atoms with Gasteiger partial charge in [0, 0.05) is 44.3 Å². The molecular weight excluding hydrogens is 504 g/mol. The van der Waals surface area contributed by atoms with Crippen LogP contribution >= 0.6 is 0 Å². The summed E-state index contributed by atoms with van der Waals surface area (Å²) in [6.45, 7) is 3.97. The Balaban J connectivity index is 1.35. The molecule has 12 heteroatoms. The van der Waals surface area contributed by atoms with Crippen molar-refractivity contribution in [2.24, 2.45) is 5.92 Å². The number of nitrogens with zero attached hydrogens (tertiary/aromatic N) is 5. The fraction of sp³-hybridized carbons (Fsp3) is 0.481. The van der Waals surface area contributed by atoms with E-state index in [9.17, 15) is 19.6 Å². The zero-order valence-electron chi connectivity index (χ0n) is 21.9. The van der Waals surface area contributed by atoms with E-state index in [4.69, 9.17) is 14.2 Å². The van der Waals surface area contributed by atoms with E-state index in [1.807, 2.05) is 19.1 Å². The third kappa shape index (κ3) is 5.41. The molecule has 12 nitrogen and oxygen atoms in total. The molecule has 3 aliphatic heterocycles. The Kier molecular flexibility index (Phi) is 7.72. The summed E-state index contributed by atoms with van der Waals surface area (Å²) in [6.07, 6.45) is 3.51. The molecule has 5 rings (SSSR count). The van der Waals surface area contributed by atoms with Crippen molar-refractivity contribution in [2.75, 3.05) is 43.6 Å². The lowest BCUT2D eigenvalue weighted by molar-refractivity contribution is -0.131. The minimum Gasteiger partial charge on any atom is -0.484 e. The third-order valence-electron chi connectivity index (χ3n) is 7.34. The molecule has 2 fully saturated rings. The largest absolute Gasteiger partial charge is 0.484 e. The lowest BCUT2D eigenvalue weighted by atomic mass is 10.0. The summed E-state index contributed by atoms with van der Waals surface area (Å²) in [6, 6.07) is 4.95. The molecule has 0 bridgehead atoms. The molecule has 0 radical (unpaired) electrons. The maximum Gasteiger partial charge on any atom is 0.328 e. The van der Waals surface area contributed by atoms with Gasteiger partial charge in [0.25, 0.3) is 0 Å². The first-order valence-corrected chi connectivity index (χ1v) is 12.9. The normalized spacial score (nSPS) is 22.4. The molecule has 204 valence electrons. The van der Waals surface area contributed by atoms with Crippen molar-refractivity contribution in [2.45, 2.75) is 44.9 Å². The quantitative estimate of drug-likeness (QED) is 0.529. The first kappa shape index (κ1) is 26.5. The van der Waals surface area contributed by atoms with Gasteiger partial charge in [-0.25, -0.2) is 14.8 Å². The van der Waals surface area contributed by atoms with Crippen LogP contribution < -0.4 is 15.0 Å². The van der Waals surface area contributed by atoms with Crippen molar-refractivity contribution >= 4 is 29.9 Å². The van der Waals surface area contributed by atoms with E-state index in [0.717, 1.165) is 12.0 Å². The topological polar surface area (TPSA) is 147 Å². The number of nitriles is 1. The summed E-state index contributed by atoms with van der Waals surface area (Å²) in [7, 11) is 1.56. The molecular formula is C27H30N6O6. The first-order chi connectivity index (χ1) is 18.9. The molecule has 5 heterocycles. The van der Waals surface area contributed by atoms with Crippen LogP contribution in [-0.2, 0) is 27.2 Å². The third-order valence-corrected chi connectivity index (χ3v) is 7.34. The molecule has 0 spiro atoms. The number of nitrogens with one attached hydrogen (secondary N) is 1.